The van der Waals surface area contributed by atoms with E-state index in [0.29, 0.717) is 6.42 Å². The molecule has 2 N–H and O–H groups in total. The van der Waals surface area contributed by atoms with Gasteiger partial charge in [0.2, 0.25) is 5.76 Å². The summed E-state index contributed by atoms with van der Waals surface area (Å²) in [7, 11) is -1.65. The van der Waals surface area contributed by atoms with Crippen LogP contribution in [-0.2, 0) is 14.3 Å². The number of carbonyl (C=O) groups excluding carboxylic acids is 1. The SMILES string of the molecule is CCOC(=O)C1=C(B(O)O)C[C@@H](C)O1. The first-order chi connectivity index (χ1) is 6.56. The molecule has 78 valence electrons. The zero-order chi connectivity index (χ0) is 10.7. The summed E-state index contributed by atoms with van der Waals surface area (Å²) < 4.78 is 9.85. The maximum absolute atomic E-state index is 11.3. The van der Waals surface area contributed by atoms with Crippen molar-refractivity contribution in [3.63, 3.8) is 0 Å². The Balaban J connectivity index is 2.81. The first kappa shape index (κ1) is 11.1. The molecule has 0 spiro atoms. The Labute approximate surface area is 82.5 Å². The Bertz CT molecular complexity index is 260. The first-order valence-corrected chi connectivity index (χ1v) is 4.49. The molecule has 0 saturated carbocycles. The van der Waals surface area contributed by atoms with Gasteiger partial charge in [-0.05, 0) is 13.8 Å². The summed E-state index contributed by atoms with van der Waals surface area (Å²) in [6.07, 6.45) is 0.123. The lowest BCUT2D eigenvalue weighted by molar-refractivity contribution is -0.142. The lowest BCUT2D eigenvalue weighted by Gasteiger charge is -2.06. The third-order valence-corrected chi connectivity index (χ3v) is 1.89. The molecule has 1 heterocycles. The molecule has 0 aromatic heterocycles. The van der Waals surface area contributed by atoms with Gasteiger partial charge in [-0.3, -0.25) is 0 Å². The molecule has 0 fully saturated rings. The van der Waals surface area contributed by atoms with Crippen molar-refractivity contribution in [1.29, 1.82) is 0 Å². The molecule has 0 bridgehead atoms. The molecular weight excluding hydrogens is 187 g/mol. The quantitative estimate of drug-likeness (QED) is 0.479. The van der Waals surface area contributed by atoms with Gasteiger partial charge in [-0.1, -0.05) is 0 Å². The largest absolute Gasteiger partial charge is 0.488 e. The molecule has 1 aliphatic heterocycles. The fourth-order valence-electron chi connectivity index (χ4n) is 1.32. The van der Waals surface area contributed by atoms with Crippen LogP contribution < -0.4 is 0 Å². The number of ether oxygens (including phenoxy) is 2. The molecule has 6 heteroatoms. The highest BCUT2D eigenvalue weighted by atomic mass is 16.6. The van der Waals surface area contributed by atoms with Crippen molar-refractivity contribution in [2.24, 2.45) is 0 Å². The van der Waals surface area contributed by atoms with Crippen molar-refractivity contribution >= 4 is 13.1 Å². The van der Waals surface area contributed by atoms with E-state index in [1.807, 2.05) is 0 Å². The summed E-state index contributed by atoms with van der Waals surface area (Å²) in [6.45, 7) is 3.65. The van der Waals surface area contributed by atoms with E-state index in [-0.39, 0.29) is 23.9 Å². The average molecular weight is 200 g/mol. The van der Waals surface area contributed by atoms with E-state index >= 15 is 0 Å². The van der Waals surface area contributed by atoms with Crippen molar-refractivity contribution < 1.29 is 24.3 Å². The molecule has 1 atom stereocenters. The topological polar surface area (TPSA) is 76.0 Å². The fourth-order valence-corrected chi connectivity index (χ4v) is 1.32. The molecule has 1 aliphatic rings. The highest BCUT2D eigenvalue weighted by molar-refractivity contribution is 6.51. The lowest BCUT2D eigenvalue weighted by Crippen LogP contribution is -2.19. The van der Waals surface area contributed by atoms with Gasteiger partial charge in [-0.2, -0.15) is 0 Å². The van der Waals surface area contributed by atoms with E-state index < -0.39 is 13.1 Å². The summed E-state index contributed by atoms with van der Waals surface area (Å²) in [6, 6.07) is 0. The van der Waals surface area contributed by atoms with Crippen LogP contribution in [0.3, 0.4) is 0 Å². The van der Waals surface area contributed by atoms with Crippen molar-refractivity contribution in [1.82, 2.24) is 0 Å². The van der Waals surface area contributed by atoms with Crippen LogP contribution in [0.15, 0.2) is 11.2 Å². The number of esters is 1. The molecule has 5 nitrogen and oxygen atoms in total. The molecule has 0 saturated heterocycles. The van der Waals surface area contributed by atoms with Crippen LogP contribution in [0.25, 0.3) is 0 Å². The summed E-state index contributed by atoms with van der Waals surface area (Å²) in [5.74, 6) is -0.700. The minimum Gasteiger partial charge on any atom is -0.484 e. The Kier molecular flexibility index (Phi) is 3.54. The second-order valence-corrected chi connectivity index (χ2v) is 3.08. The Hall–Kier alpha value is -1.01. The Morgan fingerprint density at radius 1 is 1.71 bits per heavy atom. The van der Waals surface area contributed by atoms with E-state index in [9.17, 15) is 4.79 Å². The van der Waals surface area contributed by atoms with Crippen LogP contribution in [0.5, 0.6) is 0 Å². The standard InChI is InChI=1S/C8H13BO5/c1-3-13-8(10)7-6(9(11)12)4-5(2)14-7/h5,11-12H,3-4H2,1-2H3/t5-/m1/s1. The van der Waals surface area contributed by atoms with Crippen LogP contribution >= 0.6 is 0 Å². The normalized spacial score (nSPS) is 20.7. The monoisotopic (exact) mass is 200 g/mol. The highest BCUT2D eigenvalue weighted by Crippen LogP contribution is 2.26. The van der Waals surface area contributed by atoms with Crippen molar-refractivity contribution in [2.75, 3.05) is 6.61 Å². The average Bonchev–Trinajstić information content (AvgIpc) is 2.48. The summed E-state index contributed by atoms with van der Waals surface area (Å²) in [5.41, 5.74) is 0.191. The predicted octanol–water partition coefficient (Wildman–Crippen LogP) is -0.376. The van der Waals surface area contributed by atoms with Crippen molar-refractivity contribution in [3.05, 3.63) is 11.2 Å². The van der Waals surface area contributed by atoms with Crippen LogP contribution in [0.4, 0.5) is 0 Å². The smallest absolute Gasteiger partial charge is 0.484 e. The van der Waals surface area contributed by atoms with Gasteiger partial charge in [0.25, 0.3) is 0 Å². The summed E-state index contributed by atoms with van der Waals surface area (Å²) in [5, 5.41) is 17.9. The molecule has 0 aliphatic carbocycles. The second-order valence-electron chi connectivity index (χ2n) is 3.08. The molecule has 0 aromatic carbocycles. The fraction of sp³-hybridized carbons (Fsp3) is 0.625. The van der Waals surface area contributed by atoms with Crippen molar-refractivity contribution in [2.45, 2.75) is 26.4 Å². The summed E-state index contributed by atoms with van der Waals surface area (Å²) >= 11 is 0. The van der Waals surface area contributed by atoms with Gasteiger partial charge >= 0.3 is 13.1 Å². The molecule has 0 unspecified atom stereocenters. The van der Waals surface area contributed by atoms with Gasteiger partial charge in [0, 0.05) is 11.9 Å². The first-order valence-electron chi connectivity index (χ1n) is 4.49. The second kappa shape index (κ2) is 4.48. The number of carbonyl (C=O) groups is 1. The Morgan fingerprint density at radius 3 is 2.86 bits per heavy atom. The van der Waals surface area contributed by atoms with E-state index in [4.69, 9.17) is 19.5 Å². The van der Waals surface area contributed by atoms with Crippen LogP contribution in [0.1, 0.15) is 20.3 Å². The van der Waals surface area contributed by atoms with E-state index in [0.717, 1.165) is 0 Å². The third kappa shape index (κ3) is 2.27. The molecule has 1 rings (SSSR count). The zero-order valence-corrected chi connectivity index (χ0v) is 8.19. The lowest BCUT2D eigenvalue weighted by atomic mass is 9.76. The number of hydrogen-bond donors (Lipinski definition) is 2. The van der Waals surface area contributed by atoms with Gasteiger partial charge in [0.05, 0.1) is 12.7 Å². The molecule has 0 radical (unpaired) electrons. The number of hydrogen-bond acceptors (Lipinski definition) is 5. The van der Waals surface area contributed by atoms with E-state index in [1.54, 1.807) is 13.8 Å². The van der Waals surface area contributed by atoms with E-state index in [2.05, 4.69) is 0 Å². The minimum atomic E-state index is -1.65. The maximum atomic E-state index is 11.3. The van der Waals surface area contributed by atoms with Gasteiger partial charge in [0.1, 0.15) is 0 Å². The maximum Gasteiger partial charge on any atom is 0.488 e. The van der Waals surface area contributed by atoms with Gasteiger partial charge in [-0.15, -0.1) is 0 Å². The highest BCUT2D eigenvalue weighted by Gasteiger charge is 2.34. The van der Waals surface area contributed by atoms with Gasteiger partial charge in [-0.25, -0.2) is 4.79 Å². The third-order valence-electron chi connectivity index (χ3n) is 1.89. The predicted molar refractivity (Wildman–Crippen MR) is 49.0 cm³/mol. The molecule has 0 aromatic rings. The van der Waals surface area contributed by atoms with E-state index in [1.165, 1.54) is 0 Å². The molecule has 0 amide bonds. The van der Waals surface area contributed by atoms with Crippen LogP contribution in [-0.4, -0.2) is 35.8 Å². The van der Waals surface area contributed by atoms with Crippen molar-refractivity contribution in [3.8, 4) is 0 Å². The van der Waals surface area contributed by atoms with Gasteiger partial charge in [0.15, 0.2) is 0 Å². The zero-order valence-electron chi connectivity index (χ0n) is 8.19. The van der Waals surface area contributed by atoms with Crippen LogP contribution in [0.2, 0.25) is 0 Å². The van der Waals surface area contributed by atoms with Crippen LogP contribution in [0, 0.1) is 0 Å². The molecular formula is C8H13BO5. The summed E-state index contributed by atoms with van der Waals surface area (Å²) in [4.78, 5) is 11.3. The Morgan fingerprint density at radius 2 is 2.36 bits per heavy atom. The molecule has 14 heavy (non-hydrogen) atoms. The number of rotatable bonds is 3. The minimum absolute atomic E-state index is 0.0608. The van der Waals surface area contributed by atoms with Gasteiger partial charge < -0.3 is 19.5 Å².